The van der Waals surface area contributed by atoms with E-state index in [2.05, 4.69) is 16.0 Å². The monoisotopic (exact) mass is 634 g/mol. The third-order valence-electron chi connectivity index (χ3n) is 9.05. The fourth-order valence-electron chi connectivity index (χ4n) is 6.57. The van der Waals surface area contributed by atoms with Gasteiger partial charge in [-0.25, -0.2) is 0 Å². The van der Waals surface area contributed by atoms with Gasteiger partial charge in [0, 0.05) is 39.4 Å². The average Bonchev–Trinajstić information content (AvgIpc) is 3.32. The van der Waals surface area contributed by atoms with Gasteiger partial charge in [-0.3, -0.25) is 34.2 Å². The number of piperidine rings is 1. The Balaban J connectivity index is 1.01. The first kappa shape index (κ1) is 33.1. The first-order valence-corrected chi connectivity index (χ1v) is 15.9. The second-order valence-corrected chi connectivity index (χ2v) is 12.0. The average molecular weight is 635 g/mol. The molecule has 246 valence electrons. The fraction of sp³-hybridized carbons (Fsp3) is 0.500. The highest BCUT2D eigenvalue weighted by Gasteiger charge is 2.45. The number of benzene rings is 2. The SMILES string of the molecule is COC1CCC(CCCc2ccc(OCC(=O)NCCNc3cccc4c3C(=O)N(C3CCC(=O)NC3=O)C4=O)cc2)CC1OC. The van der Waals surface area contributed by atoms with Crippen LogP contribution in [0.1, 0.15) is 71.2 Å². The van der Waals surface area contributed by atoms with Crippen LogP contribution in [0.5, 0.6) is 5.75 Å². The molecule has 2 aliphatic heterocycles. The zero-order valence-corrected chi connectivity index (χ0v) is 26.3. The Hall–Kier alpha value is -4.29. The number of fused-ring (bicyclic) bond motifs is 1. The third-order valence-corrected chi connectivity index (χ3v) is 9.05. The Morgan fingerprint density at radius 1 is 0.935 bits per heavy atom. The molecule has 12 heteroatoms. The van der Waals surface area contributed by atoms with E-state index in [0.717, 1.165) is 37.0 Å². The fourth-order valence-corrected chi connectivity index (χ4v) is 6.57. The summed E-state index contributed by atoms with van der Waals surface area (Å²) in [7, 11) is 3.52. The summed E-state index contributed by atoms with van der Waals surface area (Å²) in [4.78, 5) is 63.3. The minimum absolute atomic E-state index is 0.0525. The van der Waals surface area contributed by atoms with Gasteiger partial charge in [-0.1, -0.05) is 24.6 Å². The molecule has 1 saturated carbocycles. The van der Waals surface area contributed by atoms with E-state index in [1.807, 2.05) is 24.3 Å². The van der Waals surface area contributed by atoms with Gasteiger partial charge in [0.15, 0.2) is 6.61 Å². The van der Waals surface area contributed by atoms with Crippen molar-refractivity contribution in [2.24, 2.45) is 5.92 Å². The predicted octanol–water partition coefficient (Wildman–Crippen LogP) is 2.85. The molecule has 2 aromatic carbocycles. The lowest BCUT2D eigenvalue weighted by Gasteiger charge is -2.34. The third kappa shape index (κ3) is 7.73. The Bertz CT molecular complexity index is 1450. The smallest absolute Gasteiger partial charge is 0.264 e. The number of ether oxygens (including phenoxy) is 3. The lowest BCUT2D eigenvalue weighted by Crippen LogP contribution is -2.54. The second kappa shape index (κ2) is 15.3. The second-order valence-electron chi connectivity index (χ2n) is 12.0. The van der Waals surface area contributed by atoms with Crippen LogP contribution in [0.4, 0.5) is 5.69 Å². The molecule has 1 aliphatic carbocycles. The van der Waals surface area contributed by atoms with E-state index >= 15 is 0 Å². The number of imide groups is 2. The van der Waals surface area contributed by atoms with Crippen molar-refractivity contribution < 1.29 is 38.2 Å². The number of carbonyl (C=O) groups excluding carboxylic acids is 5. The number of hydrogen-bond acceptors (Lipinski definition) is 9. The Morgan fingerprint density at radius 3 is 2.46 bits per heavy atom. The first-order valence-electron chi connectivity index (χ1n) is 15.9. The van der Waals surface area contributed by atoms with Crippen LogP contribution in [0.2, 0.25) is 0 Å². The van der Waals surface area contributed by atoms with Crippen molar-refractivity contribution in [3.8, 4) is 5.75 Å². The van der Waals surface area contributed by atoms with Crippen LogP contribution >= 0.6 is 0 Å². The minimum Gasteiger partial charge on any atom is -0.484 e. The summed E-state index contributed by atoms with van der Waals surface area (Å²) < 4.78 is 16.8. The predicted molar refractivity (Wildman–Crippen MR) is 168 cm³/mol. The van der Waals surface area contributed by atoms with Crippen LogP contribution < -0.4 is 20.7 Å². The Kier molecular flexibility index (Phi) is 11.0. The van der Waals surface area contributed by atoms with Crippen LogP contribution in [0.15, 0.2) is 42.5 Å². The van der Waals surface area contributed by atoms with E-state index in [9.17, 15) is 24.0 Å². The molecule has 5 rings (SSSR count). The van der Waals surface area contributed by atoms with Crippen molar-refractivity contribution in [1.82, 2.24) is 15.5 Å². The van der Waals surface area contributed by atoms with Gasteiger partial charge in [-0.15, -0.1) is 0 Å². The van der Waals surface area contributed by atoms with Gasteiger partial charge in [-0.05, 0) is 74.3 Å². The number of rotatable bonds is 14. The van der Waals surface area contributed by atoms with Crippen molar-refractivity contribution in [2.75, 3.05) is 39.2 Å². The van der Waals surface area contributed by atoms with Crippen LogP contribution in [-0.2, 0) is 30.3 Å². The van der Waals surface area contributed by atoms with Crippen molar-refractivity contribution in [3.05, 3.63) is 59.2 Å². The summed E-state index contributed by atoms with van der Waals surface area (Å²) in [5, 5.41) is 8.06. The molecule has 46 heavy (non-hydrogen) atoms. The zero-order valence-electron chi connectivity index (χ0n) is 26.3. The Morgan fingerprint density at radius 2 is 1.72 bits per heavy atom. The highest BCUT2D eigenvalue weighted by Crippen LogP contribution is 2.33. The summed E-state index contributed by atoms with van der Waals surface area (Å²) in [6.07, 6.45) is 7.01. The molecule has 4 unspecified atom stereocenters. The molecule has 3 aliphatic rings. The van der Waals surface area contributed by atoms with Gasteiger partial charge in [-0.2, -0.15) is 0 Å². The van der Waals surface area contributed by atoms with Gasteiger partial charge in [0.1, 0.15) is 11.8 Å². The van der Waals surface area contributed by atoms with Crippen molar-refractivity contribution in [2.45, 2.75) is 69.6 Å². The summed E-state index contributed by atoms with van der Waals surface area (Å²) in [6.45, 7) is 0.400. The number of aryl methyl sites for hydroxylation is 1. The molecule has 1 saturated heterocycles. The maximum Gasteiger partial charge on any atom is 0.264 e. The lowest BCUT2D eigenvalue weighted by atomic mass is 9.82. The number of carbonyl (C=O) groups is 5. The number of nitrogens with zero attached hydrogens (tertiary/aromatic N) is 1. The van der Waals surface area contributed by atoms with Crippen LogP contribution in [-0.4, -0.2) is 86.6 Å². The normalized spacial score (nSPS) is 22.8. The summed E-state index contributed by atoms with van der Waals surface area (Å²) in [5.74, 6) is -1.27. The van der Waals surface area contributed by atoms with E-state index in [-0.39, 0.29) is 61.8 Å². The van der Waals surface area contributed by atoms with Crippen LogP contribution in [0.3, 0.4) is 0 Å². The molecule has 0 spiro atoms. The topological polar surface area (TPSA) is 152 Å². The number of anilines is 1. The number of methoxy groups -OCH3 is 2. The van der Waals surface area contributed by atoms with Gasteiger partial charge in [0.05, 0.1) is 23.3 Å². The minimum atomic E-state index is -1.03. The Labute approximate surface area is 268 Å². The molecule has 2 fully saturated rings. The van der Waals surface area contributed by atoms with Gasteiger partial charge >= 0.3 is 0 Å². The van der Waals surface area contributed by atoms with Crippen LogP contribution in [0, 0.1) is 5.92 Å². The maximum atomic E-state index is 13.2. The van der Waals surface area contributed by atoms with E-state index in [1.54, 1.807) is 26.4 Å². The molecule has 4 atom stereocenters. The van der Waals surface area contributed by atoms with E-state index in [0.29, 0.717) is 17.4 Å². The molecule has 12 nitrogen and oxygen atoms in total. The number of amides is 5. The largest absolute Gasteiger partial charge is 0.484 e. The highest BCUT2D eigenvalue weighted by molar-refractivity contribution is 6.25. The van der Waals surface area contributed by atoms with E-state index < -0.39 is 29.7 Å². The quantitative estimate of drug-likeness (QED) is 0.210. The summed E-state index contributed by atoms with van der Waals surface area (Å²) >= 11 is 0. The summed E-state index contributed by atoms with van der Waals surface area (Å²) in [6, 6.07) is 11.6. The van der Waals surface area contributed by atoms with Crippen molar-refractivity contribution >= 4 is 35.2 Å². The summed E-state index contributed by atoms with van der Waals surface area (Å²) in [5.41, 5.74) is 2.01. The molecule has 2 aromatic rings. The van der Waals surface area contributed by atoms with Gasteiger partial charge < -0.3 is 24.8 Å². The molecular formula is C34H42N4O8. The molecular weight excluding hydrogens is 592 g/mol. The van der Waals surface area contributed by atoms with Crippen LogP contribution in [0.25, 0.3) is 0 Å². The van der Waals surface area contributed by atoms with Gasteiger partial charge in [0.2, 0.25) is 11.8 Å². The number of hydrogen-bond donors (Lipinski definition) is 3. The van der Waals surface area contributed by atoms with E-state index in [1.165, 1.54) is 18.1 Å². The van der Waals surface area contributed by atoms with E-state index in [4.69, 9.17) is 14.2 Å². The standard InChI is InChI=1S/C34H42N4O8/c1-44-27-15-11-22(19-28(27)45-2)6-3-5-21-9-12-23(13-10-21)46-20-30(40)36-18-17-35-25-8-4-7-24-31(25)34(43)38(33(24)42)26-14-16-29(39)37-32(26)41/h4,7-10,12-13,22,26-28,35H,3,5-6,11,14-20H2,1-2H3,(H,36,40)(H,37,39,41). The highest BCUT2D eigenvalue weighted by atomic mass is 16.5. The first-order chi connectivity index (χ1) is 22.3. The zero-order chi connectivity index (χ0) is 32.6. The molecule has 5 amide bonds. The molecule has 0 aromatic heterocycles. The molecule has 3 N–H and O–H groups in total. The van der Waals surface area contributed by atoms with Crippen molar-refractivity contribution in [1.29, 1.82) is 0 Å². The molecule has 2 heterocycles. The number of nitrogens with one attached hydrogen (secondary N) is 3. The molecule has 0 radical (unpaired) electrons. The molecule has 0 bridgehead atoms. The van der Waals surface area contributed by atoms with Crippen molar-refractivity contribution in [3.63, 3.8) is 0 Å². The maximum absolute atomic E-state index is 13.2. The van der Waals surface area contributed by atoms with Gasteiger partial charge in [0.25, 0.3) is 17.7 Å². The lowest BCUT2D eigenvalue weighted by molar-refractivity contribution is -0.136.